The van der Waals surface area contributed by atoms with Gasteiger partial charge in [-0.25, -0.2) is 8.42 Å². The van der Waals surface area contributed by atoms with Crippen molar-refractivity contribution in [3.8, 4) is 0 Å². The number of sulfone groups is 1. The van der Waals surface area contributed by atoms with E-state index >= 15 is 0 Å². The zero-order valence-corrected chi connectivity index (χ0v) is 23.6. The van der Waals surface area contributed by atoms with Crippen molar-refractivity contribution in [3.05, 3.63) is 48.5 Å². The summed E-state index contributed by atoms with van der Waals surface area (Å²) in [7, 11) is -3.90. The first-order valence-corrected chi connectivity index (χ1v) is 15.6. The van der Waals surface area contributed by atoms with Gasteiger partial charge in [0.05, 0.1) is 33.5 Å². The molecule has 2 aromatic rings. The molecular weight excluding hydrogens is 580 g/mol. The van der Waals surface area contributed by atoms with E-state index in [0.717, 1.165) is 0 Å². The molecule has 2 saturated heterocycles. The summed E-state index contributed by atoms with van der Waals surface area (Å²) >= 11 is 0. The lowest BCUT2D eigenvalue weighted by molar-refractivity contribution is -0.155. The van der Waals surface area contributed by atoms with Crippen molar-refractivity contribution in [2.75, 3.05) is 10.6 Å². The number of hydrogen-bond acceptors (Lipinski definition) is 10. The molecular formula is C30H28N2O10S. The normalized spacial score (nSPS) is 28.4. The van der Waals surface area contributed by atoms with E-state index in [9.17, 15) is 37.2 Å². The topological polar surface area (TPSA) is 179 Å². The van der Waals surface area contributed by atoms with Gasteiger partial charge in [0.25, 0.3) is 0 Å². The predicted octanol–water partition coefficient (Wildman–Crippen LogP) is 2.63. The summed E-state index contributed by atoms with van der Waals surface area (Å²) in [5.41, 5.74) is 0.775. The molecule has 12 nitrogen and oxygen atoms in total. The van der Waals surface area contributed by atoms with Crippen molar-refractivity contribution in [3.63, 3.8) is 0 Å². The molecule has 4 fully saturated rings. The van der Waals surface area contributed by atoms with E-state index in [1.54, 1.807) is 0 Å². The highest BCUT2D eigenvalue weighted by atomic mass is 32.2. The van der Waals surface area contributed by atoms with Gasteiger partial charge in [-0.1, -0.05) is 0 Å². The van der Waals surface area contributed by atoms with Gasteiger partial charge in [0.1, 0.15) is 0 Å². The van der Waals surface area contributed by atoms with Crippen LogP contribution >= 0.6 is 0 Å². The average molecular weight is 609 g/mol. The van der Waals surface area contributed by atoms with Crippen LogP contribution in [-0.4, -0.2) is 44.1 Å². The number of anilines is 2. The summed E-state index contributed by atoms with van der Waals surface area (Å²) in [5, 5.41) is 5.50. The molecule has 224 valence electrons. The van der Waals surface area contributed by atoms with Gasteiger partial charge in [-0.05, 0) is 87.1 Å². The SMILES string of the molecule is O=C(Nc1ccc(S(=O)(=O)c2ccc(NC(=O)C3CCC4C(=O)OC(=O)C4C3)cc2)cc1)C1CCC2C(=O)OC(=O)C2C1. The van der Waals surface area contributed by atoms with Crippen molar-refractivity contribution < 1.29 is 46.7 Å². The molecule has 2 amide bonds. The van der Waals surface area contributed by atoms with Gasteiger partial charge in [0, 0.05) is 23.2 Å². The zero-order valence-electron chi connectivity index (χ0n) is 22.8. The molecule has 0 radical (unpaired) electrons. The highest BCUT2D eigenvalue weighted by Gasteiger charge is 2.49. The Balaban J connectivity index is 1.05. The quantitative estimate of drug-likeness (QED) is 0.366. The Morgan fingerprint density at radius 2 is 0.907 bits per heavy atom. The van der Waals surface area contributed by atoms with Crippen molar-refractivity contribution in [2.45, 2.75) is 48.3 Å². The summed E-state index contributed by atoms with van der Waals surface area (Å²) in [6.07, 6.45) is 2.12. The average Bonchev–Trinajstić information content (AvgIpc) is 3.45. The maximum atomic E-state index is 13.2. The van der Waals surface area contributed by atoms with Crippen LogP contribution in [0.25, 0.3) is 0 Å². The molecule has 2 aliphatic carbocycles. The van der Waals surface area contributed by atoms with Gasteiger partial charge in [-0.3, -0.25) is 28.8 Å². The first-order chi connectivity index (χ1) is 20.5. The minimum atomic E-state index is -3.90. The van der Waals surface area contributed by atoms with Crippen molar-refractivity contribution in [2.24, 2.45) is 35.5 Å². The molecule has 0 bridgehead atoms. The van der Waals surface area contributed by atoms with Crippen LogP contribution in [0.4, 0.5) is 11.4 Å². The lowest BCUT2D eigenvalue weighted by atomic mass is 9.75. The highest BCUT2D eigenvalue weighted by molar-refractivity contribution is 7.91. The van der Waals surface area contributed by atoms with Crippen molar-refractivity contribution in [1.82, 2.24) is 0 Å². The van der Waals surface area contributed by atoms with Gasteiger partial charge < -0.3 is 20.1 Å². The van der Waals surface area contributed by atoms with Gasteiger partial charge in [-0.2, -0.15) is 0 Å². The van der Waals surface area contributed by atoms with Crippen LogP contribution in [0.3, 0.4) is 0 Å². The van der Waals surface area contributed by atoms with Gasteiger partial charge in [0.15, 0.2) is 0 Å². The van der Waals surface area contributed by atoms with E-state index in [2.05, 4.69) is 10.6 Å². The van der Waals surface area contributed by atoms with Crippen molar-refractivity contribution >= 4 is 56.9 Å². The van der Waals surface area contributed by atoms with E-state index < -0.39 is 69.2 Å². The Morgan fingerprint density at radius 1 is 0.558 bits per heavy atom. The molecule has 0 spiro atoms. The molecule has 6 unspecified atom stereocenters. The first-order valence-electron chi connectivity index (χ1n) is 14.1. The smallest absolute Gasteiger partial charge is 0.317 e. The fourth-order valence-electron chi connectivity index (χ4n) is 6.46. The van der Waals surface area contributed by atoms with Gasteiger partial charge in [0.2, 0.25) is 21.7 Å². The molecule has 4 aliphatic rings. The molecule has 2 saturated carbocycles. The van der Waals surface area contributed by atoms with E-state index in [1.165, 1.54) is 48.5 Å². The van der Waals surface area contributed by atoms with Crippen LogP contribution in [0.2, 0.25) is 0 Å². The zero-order chi connectivity index (χ0) is 30.5. The molecule has 6 atom stereocenters. The second kappa shape index (κ2) is 11.0. The Kier molecular flexibility index (Phi) is 7.36. The number of fused-ring (bicyclic) bond motifs is 2. The van der Waals surface area contributed by atoms with E-state index in [4.69, 9.17) is 9.47 Å². The summed E-state index contributed by atoms with van der Waals surface area (Å²) in [6.45, 7) is 0. The first kappa shape index (κ1) is 28.7. The third kappa shape index (κ3) is 5.44. The van der Waals surface area contributed by atoms with E-state index in [-0.39, 0.29) is 34.4 Å². The molecule has 43 heavy (non-hydrogen) atoms. The number of hydrogen-bond donors (Lipinski definition) is 2. The van der Waals surface area contributed by atoms with Gasteiger partial charge in [-0.15, -0.1) is 0 Å². The maximum absolute atomic E-state index is 13.2. The van der Waals surface area contributed by atoms with Crippen molar-refractivity contribution in [1.29, 1.82) is 0 Å². The third-order valence-electron chi connectivity index (χ3n) is 8.92. The molecule has 6 rings (SSSR count). The number of esters is 4. The Labute approximate surface area is 246 Å². The minimum Gasteiger partial charge on any atom is -0.393 e. The number of ether oxygens (including phenoxy) is 2. The molecule has 13 heteroatoms. The number of benzene rings is 2. The van der Waals surface area contributed by atoms with Gasteiger partial charge >= 0.3 is 23.9 Å². The number of amides is 2. The van der Waals surface area contributed by atoms with E-state index in [0.29, 0.717) is 37.1 Å². The largest absolute Gasteiger partial charge is 0.393 e. The van der Waals surface area contributed by atoms with Crippen LogP contribution in [0.1, 0.15) is 38.5 Å². The second-order valence-electron chi connectivity index (χ2n) is 11.5. The monoisotopic (exact) mass is 608 g/mol. The molecule has 0 aromatic heterocycles. The standard InChI is InChI=1S/C30H28N2O10S/c33-25(15-1-11-21-23(13-15)29(37)41-27(21)35)31-17-3-7-19(8-4-17)43(39,40)20-9-5-18(6-10-20)32-26(34)16-2-12-22-24(14-16)30(38)42-28(22)36/h3-10,15-16,21-24H,1-2,11-14H2,(H,31,33)(H,32,34). The Bertz CT molecular complexity index is 1520. The molecule has 2 heterocycles. The fraction of sp³-hybridized carbons (Fsp3) is 0.400. The summed E-state index contributed by atoms with van der Waals surface area (Å²) in [4.78, 5) is 72.9. The summed E-state index contributed by atoms with van der Waals surface area (Å²) < 4.78 is 35.8. The lowest BCUT2D eigenvalue weighted by Crippen LogP contribution is -2.33. The Morgan fingerprint density at radius 3 is 1.28 bits per heavy atom. The number of carbonyl (C=O) groups excluding carboxylic acids is 6. The number of cyclic esters (lactones) is 4. The van der Waals surface area contributed by atoms with Crippen LogP contribution in [0.5, 0.6) is 0 Å². The second-order valence-corrected chi connectivity index (χ2v) is 13.4. The third-order valence-corrected chi connectivity index (χ3v) is 10.7. The fourth-order valence-corrected chi connectivity index (χ4v) is 7.72. The molecule has 2 aliphatic heterocycles. The van der Waals surface area contributed by atoms with E-state index in [1.807, 2.05) is 0 Å². The maximum Gasteiger partial charge on any atom is 0.317 e. The molecule has 2 aromatic carbocycles. The number of carbonyl (C=O) groups is 6. The Hall–Kier alpha value is -4.39. The van der Waals surface area contributed by atoms with Crippen LogP contribution in [-0.2, 0) is 48.1 Å². The highest BCUT2D eigenvalue weighted by Crippen LogP contribution is 2.41. The van der Waals surface area contributed by atoms with Crippen LogP contribution in [0.15, 0.2) is 58.3 Å². The molecule has 2 N–H and O–H groups in total. The van der Waals surface area contributed by atoms with Crippen LogP contribution < -0.4 is 10.6 Å². The minimum absolute atomic E-state index is 0.00441. The number of rotatable bonds is 6. The lowest BCUT2D eigenvalue weighted by Gasteiger charge is -2.26. The summed E-state index contributed by atoms with van der Waals surface area (Å²) in [6, 6.07) is 11.4. The number of nitrogens with one attached hydrogen (secondary N) is 2. The predicted molar refractivity (Wildman–Crippen MR) is 146 cm³/mol. The summed E-state index contributed by atoms with van der Waals surface area (Å²) in [5.74, 6) is -5.99. The van der Waals surface area contributed by atoms with Crippen LogP contribution in [0, 0.1) is 35.5 Å².